The van der Waals surface area contributed by atoms with E-state index in [2.05, 4.69) is 0 Å². The summed E-state index contributed by atoms with van der Waals surface area (Å²) < 4.78 is 16.8. The first-order valence-corrected chi connectivity index (χ1v) is 2.13. The van der Waals surface area contributed by atoms with Crippen molar-refractivity contribution in [3.63, 3.8) is 0 Å². The lowest BCUT2D eigenvalue weighted by molar-refractivity contribution is 0.562. The molecular formula is C2H4N2O4S. The van der Waals surface area contributed by atoms with Crippen molar-refractivity contribution in [1.29, 1.82) is 10.8 Å². The van der Waals surface area contributed by atoms with Crippen LogP contribution in [0.15, 0.2) is 0 Å². The fourth-order valence-corrected chi connectivity index (χ4v) is 0. The number of isocyanates is 2. The van der Waals surface area contributed by atoms with E-state index in [4.69, 9.17) is 28.8 Å². The maximum Gasteiger partial charge on any atom is 0.231 e. The van der Waals surface area contributed by atoms with Crippen molar-refractivity contribution < 1.29 is 18.0 Å². The van der Waals surface area contributed by atoms with Gasteiger partial charge in [-0.2, -0.15) is 0 Å². The molecule has 0 aromatic heterocycles. The molecule has 6 nitrogen and oxygen atoms in total. The SMILES string of the molecule is N=C=O.N=C=O.O=[SH2]=O. The van der Waals surface area contributed by atoms with Gasteiger partial charge in [0, 0.05) is 0 Å². The highest BCUT2D eigenvalue weighted by Gasteiger charge is 1.04. The summed E-state index contributed by atoms with van der Waals surface area (Å²) in [7, 11) is 0. The first kappa shape index (κ1) is 15.6. The topological polar surface area (TPSA) is 116 Å². The Bertz CT molecular complexity index is 108. The van der Waals surface area contributed by atoms with E-state index in [1.807, 2.05) is 0 Å². The summed E-state index contributed by atoms with van der Waals surface area (Å²) >= 11 is -1.42. The van der Waals surface area contributed by atoms with Gasteiger partial charge >= 0.3 is 0 Å². The minimum atomic E-state index is -1.42. The van der Waals surface area contributed by atoms with Crippen molar-refractivity contribution >= 4 is 23.7 Å². The fraction of sp³-hybridized carbons (Fsp3) is 0. The summed E-state index contributed by atoms with van der Waals surface area (Å²) in [4.78, 5) is 16.7. The Balaban J connectivity index is -0.0000000600. The largest absolute Gasteiger partial charge is 0.235 e. The molecule has 52 valence electrons. The van der Waals surface area contributed by atoms with E-state index in [0.29, 0.717) is 0 Å². The maximum absolute atomic E-state index is 8.40. The molecule has 0 spiro atoms. The standard InChI is InChI=1S/2CHNO.H2O2S/c2*2-1-3;1-3-2/h2*2H;3H2. The van der Waals surface area contributed by atoms with Gasteiger partial charge < -0.3 is 0 Å². The molecule has 0 amide bonds. The molecule has 0 fully saturated rings. The summed E-state index contributed by atoms with van der Waals surface area (Å²) in [6, 6.07) is 0. The van der Waals surface area contributed by atoms with E-state index in [0.717, 1.165) is 12.2 Å². The summed E-state index contributed by atoms with van der Waals surface area (Å²) in [5.41, 5.74) is 0. The average molecular weight is 152 g/mol. The Morgan fingerprint density at radius 2 is 1.00 bits per heavy atom. The molecule has 0 radical (unpaired) electrons. The molecule has 2 N–H and O–H groups in total. The third-order valence-corrected chi connectivity index (χ3v) is 0. The maximum atomic E-state index is 8.40. The second-order valence-electron chi connectivity index (χ2n) is 0.287. The molecule has 0 bridgehead atoms. The van der Waals surface area contributed by atoms with E-state index < -0.39 is 11.6 Å². The van der Waals surface area contributed by atoms with Crippen LogP contribution < -0.4 is 0 Å². The van der Waals surface area contributed by atoms with Gasteiger partial charge in [-0.1, -0.05) is 0 Å². The minimum Gasteiger partial charge on any atom is -0.235 e. The monoisotopic (exact) mass is 152 g/mol. The highest BCUT2D eigenvalue weighted by molar-refractivity contribution is 7.51. The van der Waals surface area contributed by atoms with Gasteiger partial charge in [-0.15, -0.1) is 0 Å². The summed E-state index contributed by atoms with van der Waals surface area (Å²) in [5, 5.41) is 10.8. The predicted molar refractivity (Wildman–Crippen MR) is 28.5 cm³/mol. The van der Waals surface area contributed by atoms with Crippen LogP contribution in [0.3, 0.4) is 0 Å². The van der Waals surface area contributed by atoms with Gasteiger partial charge in [0.2, 0.25) is 12.2 Å². The molecular weight excluding hydrogens is 148 g/mol. The van der Waals surface area contributed by atoms with Crippen LogP contribution in [0.5, 0.6) is 0 Å². The quantitative estimate of drug-likeness (QED) is 0.328. The Labute approximate surface area is 53.5 Å². The van der Waals surface area contributed by atoms with Crippen LogP contribution in [0.4, 0.5) is 0 Å². The van der Waals surface area contributed by atoms with Crippen molar-refractivity contribution in [3.05, 3.63) is 0 Å². The average Bonchev–Trinajstić information content (AvgIpc) is 1.70. The first-order valence-electron chi connectivity index (χ1n) is 1.32. The van der Waals surface area contributed by atoms with Gasteiger partial charge in [-0.05, 0) is 0 Å². The van der Waals surface area contributed by atoms with Gasteiger partial charge in [0.15, 0.2) is 0 Å². The molecule has 0 atom stereocenters. The van der Waals surface area contributed by atoms with Crippen molar-refractivity contribution in [2.45, 2.75) is 0 Å². The van der Waals surface area contributed by atoms with Crippen molar-refractivity contribution in [2.75, 3.05) is 0 Å². The molecule has 9 heavy (non-hydrogen) atoms. The molecule has 0 aliphatic carbocycles. The lowest BCUT2D eigenvalue weighted by Crippen LogP contribution is -1.18. The third kappa shape index (κ3) is 89.5. The Hall–Kier alpha value is -1.29. The molecule has 0 aliphatic rings. The van der Waals surface area contributed by atoms with Crippen LogP contribution in [0.25, 0.3) is 0 Å². The van der Waals surface area contributed by atoms with Crippen LogP contribution in [0.2, 0.25) is 0 Å². The Morgan fingerprint density at radius 1 is 1.00 bits per heavy atom. The van der Waals surface area contributed by atoms with E-state index in [9.17, 15) is 0 Å². The van der Waals surface area contributed by atoms with Crippen molar-refractivity contribution in [1.82, 2.24) is 0 Å². The van der Waals surface area contributed by atoms with Crippen LogP contribution in [-0.4, -0.2) is 20.6 Å². The predicted octanol–water partition coefficient (Wildman–Crippen LogP) is -1.40. The number of rotatable bonds is 0. The molecule has 7 heteroatoms. The number of nitrogens with one attached hydrogen (secondary N) is 2. The van der Waals surface area contributed by atoms with Crippen molar-refractivity contribution in [2.24, 2.45) is 0 Å². The zero-order valence-corrected chi connectivity index (χ0v) is 5.13. The number of carbonyl (C=O) groups excluding carboxylic acids is 2. The first-order chi connectivity index (χ1) is 4.24. The fourth-order valence-electron chi connectivity index (χ4n) is 0. The lowest BCUT2D eigenvalue weighted by atomic mass is 11.7. The van der Waals surface area contributed by atoms with Gasteiger partial charge in [0.1, 0.15) is 11.6 Å². The van der Waals surface area contributed by atoms with E-state index in [1.54, 1.807) is 0 Å². The van der Waals surface area contributed by atoms with Gasteiger partial charge in [-0.3, -0.25) is 0 Å². The minimum absolute atomic E-state index is 0.750. The zero-order valence-electron chi connectivity index (χ0n) is 4.13. The highest BCUT2D eigenvalue weighted by atomic mass is 32.1. The number of hydrogen-bond acceptors (Lipinski definition) is 6. The summed E-state index contributed by atoms with van der Waals surface area (Å²) in [5.74, 6) is 0. The molecule has 0 unspecified atom stereocenters. The molecule has 0 aromatic rings. The molecule has 0 aliphatic heterocycles. The normalized spacial score (nSPS) is 3.56. The van der Waals surface area contributed by atoms with Crippen LogP contribution in [-0.2, 0) is 21.2 Å². The van der Waals surface area contributed by atoms with Crippen LogP contribution >= 0.6 is 0 Å². The lowest BCUT2D eigenvalue weighted by Gasteiger charge is -1.07. The Kier molecular flexibility index (Phi) is 130. The second-order valence-corrected chi connectivity index (χ2v) is 0.454. The third-order valence-electron chi connectivity index (χ3n) is 0. The zero-order chi connectivity index (χ0) is 8.12. The summed E-state index contributed by atoms with van der Waals surface area (Å²) in [6.45, 7) is 0. The van der Waals surface area contributed by atoms with E-state index in [1.165, 1.54) is 0 Å². The van der Waals surface area contributed by atoms with Crippen LogP contribution in [0, 0.1) is 10.8 Å². The van der Waals surface area contributed by atoms with E-state index >= 15 is 0 Å². The molecule has 0 saturated heterocycles. The van der Waals surface area contributed by atoms with Gasteiger partial charge in [0.05, 0.1) is 0 Å². The highest BCUT2D eigenvalue weighted by Crippen LogP contribution is 0.871. The smallest absolute Gasteiger partial charge is 0.231 e. The number of hydrogen-bond donors (Lipinski definition) is 2. The molecule has 0 heterocycles. The Morgan fingerprint density at radius 3 is 1.00 bits per heavy atom. The second kappa shape index (κ2) is 74.8. The molecule has 0 saturated carbocycles. The van der Waals surface area contributed by atoms with Crippen LogP contribution in [0.1, 0.15) is 0 Å². The molecule has 0 aromatic carbocycles. The van der Waals surface area contributed by atoms with Gasteiger partial charge in [0.25, 0.3) is 0 Å². The molecule has 0 rings (SSSR count). The summed E-state index contributed by atoms with van der Waals surface area (Å²) in [6.07, 6.45) is 1.50. The van der Waals surface area contributed by atoms with Gasteiger partial charge in [-0.25, -0.2) is 28.8 Å². The van der Waals surface area contributed by atoms with E-state index in [-0.39, 0.29) is 0 Å². The van der Waals surface area contributed by atoms with Crippen molar-refractivity contribution in [3.8, 4) is 0 Å².